The van der Waals surface area contributed by atoms with Crippen LogP contribution in [0, 0.1) is 0 Å². The van der Waals surface area contributed by atoms with Crippen molar-refractivity contribution in [3.63, 3.8) is 0 Å². The van der Waals surface area contributed by atoms with E-state index in [2.05, 4.69) is 22.6 Å². The molecule has 5 nitrogen and oxygen atoms in total. The molecule has 0 bridgehead atoms. The third-order valence-electron chi connectivity index (χ3n) is 5.17. The lowest BCUT2D eigenvalue weighted by Gasteiger charge is -2.41. The van der Waals surface area contributed by atoms with Gasteiger partial charge in [0.1, 0.15) is 23.2 Å². The van der Waals surface area contributed by atoms with E-state index in [9.17, 15) is 9.90 Å². The topological polar surface area (TPSA) is 60.7 Å². The number of para-hydroxylation sites is 1. The van der Waals surface area contributed by atoms with Crippen LogP contribution in [0.15, 0.2) is 35.1 Å². The number of rotatable bonds is 1. The number of hydrogen-bond acceptors (Lipinski definition) is 4. The molecular weight excluding hydrogens is 445 g/mol. The van der Waals surface area contributed by atoms with Gasteiger partial charge >= 0.3 is 0 Å². The Balaban J connectivity index is 2.25. The van der Waals surface area contributed by atoms with Gasteiger partial charge in [0.2, 0.25) is 5.43 Å². The first-order chi connectivity index (χ1) is 12.3. The van der Waals surface area contributed by atoms with E-state index in [1.54, 1.807) is 13.2 Å². The van der Waals surface area contributed by atoms with E-state index in [-0.39, 0.29) is 9.35 Å². The standard InChI is InChI=1S/C20H20INO4/c1-20(2)19(21)18(24)15-13(26-20)9-12(25-4)14-16(15)22(3)11-8-6-5-7-10(11)17(14)23/h5-9,18-19,24H,1-4H3/t18-,19+/m1/s1. The molecule has 1 aromatic heterocycles. The van der Waals surface area contributed by atoms with Crippen LogP contribution in [-0.4, -0.2) is 26.3 Å². The molecule has 1 N–H and O–H groups in total. The second-order valence-corrected chi connectivity index (χ2v) is 8.51. The third-order valence-corrected chi connectivity index (χ3v) is 7.35. The van der Waals surface area contributed by atoms with Gasteiger partial charge in [0.15, 0.2) is 0 Å². The number of aryl methyl sites for hydroxylation is 1. The molecule has 6 heteroatoms. The van der Waals surface area contributed by atoms with Crippen molar-refractivity contribution in [3.8, 4) is 11.5 Å². The van der Waals surface area contributed by atoms with Crippen LogP contribution >= 0.6 is 22.6 Å². The summed E-state index contributed by atoms with van der Waals surface area (Å²) in [6.07, 6.45) is -0.755. The zero-order valence-corrected chi connectivity index (χ0v) is 17.2. The third kappa shape index (κ3) is 2.28. The molecule has 1 aliphatic rings. The maximum absolute atomic E-state index is 13.2. The van der Waals surface area contributed by atoms with Crippen molar-refractivity contribution < 1.29 is 14.6 Å². The summed E-state index contributed by atoms with van der Waals surface area (Å²) in [7, 11) is 3.44. The SMILES string of the molecule is COc1cc2c(c3c1c(=O)c1ccccc1n3C)[C@@H](O)[C@H](I)C(C)(C)O2. The van der Waals surface area contributed by atoms with E-state index in [4.69, 9.17) is 9.47 Å². The van der Waals surface area contributed by atoms with Crippen LogP contribution in [0.3, 0.4) is 0 Å². The molecule has 0 saturated carbocycles. The Labute approximate surface area is 164 Å². The molecule has 0 radical (unpaired) electrons. The van der Waals surface area contributed by atoms with Crippen molar-refractivity contribution in [2.24, 2.45) is 7.05 Å². The summed E-state index contributed by atoms with van der Waals surface area (Å²) >= 11 is 2.22. The molecule has 0 fully saturated rings. The van der Waals surface area contributed by atoms with Crippen LogP contribution in [0.1, 0.15) is 25.5 Å². The Hall–Kier alpha value is -1.80. The number of aliphatic hydroxyl groups excluding tert-OH is 1. The molecule has 1 aliphatic heterocycles. The number of alkyl halides is 1. The molecule has 0 amide bonds. The lowest BCUT2D eigenvalue weighted by Crippen LogP contribution is -2.45. The molecule has 0 unspecified atom stereocenters. The van der Waals surface area contributed by atoms with E-state index in [1.165, 1.54) is 0 Å². The van der Waals surface area contributed by atoms with Gasteiger partial charge in [-0.05, 0) is 26.0 Å². The number of nitrogens with zero attached hydrogens (tertiary/aromatic N) is 1. The molecule has 26 heavy (non-hydrogen) atoms. The van der Waals surface area contributed by atoms with Gasteiger partial charge in [-0.2, -0.15) is 0 Å². The molecule has 0 spiro atoms. The number of methoxy groups -OCH3 is 1. The quantitative estimate of drug-likeness (QED) is 0.338. The fourth-order valence-electron chi connectivity index (χ4n) is 3.82. The number of aromatic nitrogens is 1. The number of ether oxygens (including phenoxy) is 2. The van der Waals surface area contributed by atoms with Crippen LogP contribution in [0.5, 0.6) is 11.5 Å². The molecule has 136 valence electrons. The van der Waals surface area contributed by atoms with Gasteiger partial charge in [-0.15, -0.1) is 0 Å². The first kappa shape index (κ1) is 17.6. The highest BCUT2D eigenvalue weighted by Crippen LogP contribution is 2.48. The Kier molecular flexibility index (Phi) is 3.96. The van der Waals surface area contributed by atoms with Crippen LogP contribution in [0.4, 0.5) is 0 Å². The van der Waals surface area contributed by atoms with Crippen molar-refractivity contribution in [1.29, 1.82) is 0 Å². The maximum Gasteiger partial charge on any atom is 0.200 e. The molecule has 3 aromatic rings. The number of aliphatic hydroxyl groups is 1. The summed E-state index contributed by atoms with van der Waals surface area (Å²) in [6, 6.07) is 9.19. The van der Waals surface area contributed by atoms with Crippen molar-refractivity contribution >= 4 is 44.4 Å². The van der Waals surface area contributed by atoms with Crippen molar-refractivity contribution in [2.75, 3.05) is 7.11 Å². The summed E-state index contributed by atoms with van der Waals surface area (Å²) in [5.74, 6) is 1.02. The highest BCUT2D eigenvalue weighted by molar-refractivity contribution is 14.1. The molecule has 0 saturated heterocycles. The second kappa shape index (κ2) is 5.85. The molecule has 2 atom stereocenters. The van der Waals surface area contributed by atoms with E-state index >= 15 is 0 Å². The first-order valence-electron chi connectivity index (χ1n) is 8.41. The molecule has 2 heterocycles. The predicted molar refractivity (Wildman–Crippen MR) is 111 cm³/mol. The summed E-state index contributed by atoms with van der Waals surface area (Å²) < 4.78 is 13.5. The summed E-state index contributed by atoms with van der Waals surface area (Å²) in [4.78, 5) is 13.2. The Morgan fingerprint density at radius 2 is 2.00 bits per heavy atom. The molecule has 4 rings (SSSR count). The number of fused-ring (bicyclic) bond motifs is 4. The monoisotopic (exact) mass is 465 g/mol. The number of hydrogen-bond donors (Lipinski definition) is 1. The van der Waals surface area contributed by atoms with Gasteiger partial charge in [-0.1, -0.05) is 34.7 Å². The van der Waals surface area contributed by atoms with Gasteiger partial charge < -0.3 is 19.1 Å². The predicted octanol–water partition coefficient (Wildman–Crippen LogP) is 3.71. The van der Waals surface area contributed by atoms with Crippen LogP contribution in [0.25, 0.3) is 21.8 Å². The summed E-state index contributed by atoms with van der Waals surface area (Å²) in [6.45, 7) is 3.90. The van der Waals surface area contributed by atoms with Gasteiger partial charge in [0.05, 0.1) is 27.5 Å². The lowest BCUT2D eigenvalue weighted by atomic mass is 9.89. The van der Waals surface area contributed by atoms with Crippen LogP contribution in [-0.2, 0) is 7.05 Å². The smallest absolute Gasteiger partial charge is 0.200 e. The fraction of sp³-hybridized carbons (Fsp3) is 0.350. The van der Waals surface area contributed by atoms with E-state index < -0.39 is 11.7 Å². The summed E-state index contributed by atoms with van der Waals surface area (Å²) in [5.41, 5.74) is 1.47. The van der Waals surface area contributed by atoms with Gasteiger partial charge in [0, 0.05) is 24.1 Å². The van der Waals surface area contributed by atoms with Crippen LogP contribution in [0.2, 0.25) is 0 Å². The minimum atomic E-state index is -0.755. The minimum absolute atomic E-state index is 0.101. The van der Waals surface area contributed by atoms with E-state index in [0.29, 0.717) is 33.4 Å². The van der Waals surface area contributed by atoms with Crippen molar-refractivity contribution in [1.82, 2.24) is 4.57 Å². The van der Waals surface area contributed by atoms with E-state index in [1.807, 2.05) is 49.7 Å². The molecule has 2 aromatic carbocycles. The first-order valence-corrected chi connectivity index (χ1v) is 9.66. The lowest BCUT2D eigenvalue weighted by molar-refractivity contribution is 0.0269. The van der Waals surface area contributed by atoms with Gasteiger partial charge in [-0.25, -0.2) is 0 Å². The van der Waals surface area contributed by atoms with Crippen molar-refractivity contribution in [2.45, 2.75) is 29.5 Å². The molecular formula is C20H20INO4. The maximum atomic E-state index is 13.2. The largest absolute Gasteiger partial charge is 0.496 e. The normalized spacial score (nSPS) is 21.5. The van der Waals surface area contributed by atoms with E-state index in [0.717, 1.165) is 5.52 Å². The zero-order chi connectivity index (χ0) is 18.8. The number of pyridine rings is 1. The van der Waals surface area contributed by atoms with Crippen molar-refractivity contribution in [3.05, 3.63) is 46.1 Å². The highest BCUT2D eigenvalue weighted by Gasteiger charge is 2.43. The Bertz CT molecular complexity index is 1100. The average molecular weight is 465 g/mol. The Morgan fingerprint density at radius 3 is 2.69 bits per heavy atom. The van der Waals surface area contributed by atoms with Crippen LogP contribution < -0.4 is 14.9 Å². The van der Waals surface area contributed by atoms with Gasteiger partial charge in [0.25, 0.3) is 0 Å². The summed E-state index contributed by atoms with van der Waals surface area (Å²) in [5, 5.41) is 12.2. The number of halogens is 1. The second-order valence-electron chi connectivity index (χ2n) is 7.17. The molecule has 0 aliphatic carbocycles. The van der Waals surface area contributed by atoms with Gasteiger partial charge in [-0.3, -0.25) is 4.79 Å². The highest BCUT2D eigenvalue weighted by atomic mass is 127. The average Bonchev–Trinajstić information content (AvgIpc) is 2.62. The zero-order valence-electron chi connectivity index (χ0n) is 15.0. The minimum Gasteiger partial charge on any atom is -0.496 e. The Morgan fingerprint density at radius 1 is 1.31 bits per heavy atom. The number of benzene rings is 2. The fourth-order valence-corrected chi connectivity index (χ4v) is 4.30.